The molecular weight excluding hydrogens is 340 g/mol. The lowest BCUT2D eigenvalue weighted by atomic mass is 10.1. The number of carbonyl (C=O) groups excluding carboxylic acids is 1. The Morgan fingerprint density at radius 2 is 1.71 bits per heavy atom. The fraction of sp³-hybridized carbons (Fsp3) is 0.286. The van der Waals surface area contributed by atoms with Crippen molar-refractivity contribution in [3.05, 3.63) is 41.6 Å². The van der Waals surface area contributed by atoms with Gasteiger partial charge in [-0.1, -0.05) is 12.1 Å². The summed E-state index contributed by atoms with van der Waals surface area (Å²) in [6.45, 7) is -1.66. The van der Waals surface area contributed by atoms with Crippen LogP contribution in [0.1, 0.15) is 16.1 Å². The van der Waals surface area contributed by atoms with Gasteiger partial charge >= 0.3 is 12.4 Å². The molecular formula is C14H11F6N3O. The number of rotatable bonds is 3. The van der Waals surface area contributed by atoms with Crippen molar-refractivity contribution in [3.8, 4) is 11.3 Å². The summed E-state index contributed by atoms with van der Waals surface area (Å²) in [5.41, 5.74) is -1.46. The lowest BCUT2D eigenvalue weighted by molar-refractivity contribution is -0.148. The molecule has 0 unspecified atom stereocenters. The Kier molecular flexibility index (Phi) is 4.59. The van der Waals surface area contributed by atoms with Crippen LogP contribution in [0.15, 0.2) is 30.3 Å². The van der Waals surface area contributed by atoms with Gasteiger partial charge in [-0.2, -0.15) is 31.4 Å². The van der Waals surface area contributed by atoms with Crippen LogP contribution in [0.2, 0.25) is 0 Å². The van der Waals surface area contributed by atoms with Gasteiger partial charge in [-0.15, -0.1) is 0 Å². The van der Waals surface area contributed by atoms with Gasteiger partial charge in [-0.05, 0) is 23.8 Å². The van der Waals surface area contributed by atoms with Gasteiger partial charge in [0.15, 0.2) is 5.69 Å². The number of hydrogen-bond acceptors (Lipinski definition) is 2. The average Bonchev–Trinajstić information content (AvgIpc) is 2.88. The van der Waals surface area contributed by atoms with E-state index >= 15 is 0 Å². The van der Waals surface area contributed by atoms with Crippen LogP contribution in [-0.2, 0) is 12.7 Å². The monoisotopic (exact) mass is 351 g/mol. The summed E-state index contributed by atoms with van der Waals surface area (Å²) in [5.74, 6) is -0.429. The molecule has 1 N–H and O–H groups in total. The van der Waals surface area contributed by atoms with Crippen LogP contribution in [0.3, 0.4) is 0 Å². The second-order valence-electron chi connectivity index (χ2n) is 4.84. The molecule has 0 saturated heterocycles. The highest BCUT2D eigenvalue weighted by atomic mass is 19.4. The number of hydrogen-bond donors (Lipinski definition) is 1. The van der Waals surface area contributed by atoms with E-state index in [9.17, 15) is 31.1 Å². The number of halogens is 6. The molecule has 0 spiro atoms. The van der Waals surface area contributed by atoms with Gasteiger partial charge in [0.25, 0.3) is 5.91 Å². The Morgan fingerprint density at radius 1 is 1.12 bits per heavy atom. The van der Waals surface area contributed by atoms with Crippen LogP contribution < -0.4 is 5.32 Å². The molecule has 0 atom stereocenters. The zero-order valence-corrected chi connectivity index (χ0v) is 12.2. The molecule has 1 aromatic carbocycles. The largest absolute Gasteiger partial charge is 0.435 e. The van der Waals surface area contributed by atoms with E-state index in [0.717, 1.165) is 0 Å². The minimum absolute atomic E-state index is 0.0786. The summed E-state index contributed by atoms with van der Waals surface area (Å²) < 4.78 is 76.1. The number of nitrogens with zero attached hydrogens (tertiary/aromatic N) is 2. The van der Waals surface area contributed by atoms with Gasteiger partial charge in [0.2, 0.25) is 0 Å². The number of aromatic nitrogens is 2. The number of nitrogens with one attached hydrogen (secondary N) is 1. The van der Waals surface area contributed by atoms with Crippen LogP contribution in [-0.4, -0.2) is 28.9 Å². The van der Waals surface area contributed by atoms with Crippen LogP contribution in [0, 0.1) is 0 Å². The third-order valence-electron chi connectivity index (χ3n) is 3.07. The second-order valence-corrected chi connectivity index (χ2v) is 4.84. The van der Waals surface area contributed by atoms with E-state index in [1.807, 2.05) is 0 Å². The second kappa shape index (κ2) is 6.17. The Balaban J connectivity index is 2.47. The van der Waals surface area contributed by atoms with Crippen molar-refractivity contribution in [1.29, 1.82) is 0 Å². The minimum atomic E-state index is -4.87. The molecule has 0 aliphatic heterocycles. The minimum Gasteiger partial charge on any atom is -0.355 e. The molecule has 130 valence electrons. The van der Waals surface area contributed by atoms with E-state index in [0.29, 0.717) is 6.07 Å². The molecule has 1 amide bonds. The van der Waals surface area contributed by atoms with Crippen molar-refractivity contribution < 1.29 is 31.1 Å². The number of benzene rings is 1. The highest BCUT2D eigenvalue weighted by Gasteiger charge is 2.37. The standard InChI is InChI=1S/C14H11F6N3O/c1-21-12(24)9-4-2-8(3-5-9)10-6-11(14(18,19)20)22-23(10)7-13(15,16)17/h2-6H,7H2,1H3,(H,21,24). The predicted octanol–water partition coefficient (Wildman–Crippen LogP) is 3.49. The molecule has 0 aliphatic carbocycles. The molecule has 0 saturated carbocycles. The Bertz CT molecular complexity index is 730. The SMILES string of the molecule is CNC(=O)c1ccc(-c2cc(C(F)(F)F)nn2CC(F)(F)F)cc1. The summed E-state index contributed by atoms with van der Waals surface area (Å²) in [5, 5.41) is 5.36. The number of carbonyl (C=O) groups is 1. The summed E-state index contributed by atoms with van der Waals surface area (Å²) in [7, 11) is 1.39. The van der Waals surface area contributed by atoms with E-state index in [1.165, 1.54) is 31.3 Å². The first-order valence-corrected chi connectivity index (χ1v) is 6.55. The van der Waals surface area contributed by atoms with Crippen molar-refractivity contribution in [2.75, 3.05) is 7.05 Å². The maximum absolute atomic E-state index is 12.7. The number of amides is 1. The van der Waals surface area contributed by atoms with Crippen LogP contribution in [0.4, 0.5) is 26.3 Å². The first-order valence-electron chi connectivity index (χ1n) is 6.55. The lowest BCUT2D eigenvalue weighted by Crippen LogP contribution is -2.20. The Hall–Kier alpha value is -2.52. The highest BCUT2D eigenvalue weighted by molar-refractivity contribution is 5.94. The van der Waals surface area contributed by atoms with Crippen LogP contribution >= 0.6 is 0 Å². The average molecular weight is 351 g/mol. The fourth-order valence-corrected chi connectivity index (χ4v) is 2.01. The maximum atomic E-state index is 12.7. The lowest BCUT2D eigenvalue weighted by Gasteiger charge is -2.10. The molecule has 1 heterocycles. The fourth-order valence-electron chi connectivity index (χ4n) is 2.01. The molecule has 24 heavy (non-hydrogen) atoms. The van der Waals surface area contributed by atoms with Gasteiger partial charge in [0, 0.05) is 12.6 Å². The quantitative estimate of drug-likeness (QED) is 0.861. The molecule has 2 aromatic rings. The van der Waals surface area contributed by atoms with Crippen molar-refractivity contribution >= 4 is 5.91 Å². The van der Waals surface area contributed by atoms with E-state index in [1.54, 1.807) is 0 Å². The van der Waals surface area contributed by atoms with E-state index < -0.39 is 30.5 Å². The highest BCUT2D eigenvalue weighted by Crippen LogP contribution is 2.33. The third kappa shape index (κ3) is 4.06. The first-order chi connectivity index (χ1) is 11.0. The van der Waals surface area contributed by atoms with E-state index in [-0.39, 0.29) is 21.5 Å². The summed E-state index contributed by atoms with van der Waals surface area (Å²) >= 11 is 0. The Morgan fingerprint density at radius 3 is 2.17 bits per heavy atom. The molecule has 0 bridgehead atoms. The number of alkyl halides is 6. The normalized spacial score (nSPS) is 12.3. The molecule has 1 aromatic heterocycles. The molecule has 10 heteroatoms. The predicted molar refractivity (Wildman–Crippen MR) is 72.1 cm³/mol. The van der Waals surface area contributed by atoms with E-state index in [4.69, 9.17) is 0 Å². The smallest absolute Gasteiger partial charge is 0.355 e. The van der Waals surface area contributed by atoms with E-state index in [2.05, 4.69) is 10.4 Å². The third-order valence-corrected chi connectivity index (χ3v) is 3.07. The molecule has 2 rings (SSSR count). The molecule has 0 aliphatic rings. The van der Waals surface area contributed by atoms with Crippen molar-refractivity contribution in [2.45, 2.75) is 18.9 Å². The first kappa shape index (κ1) is 17.8. The van der Waals surface area contributed by atoms with Gasteiger partial charge in [0.05, 0.1) is 5.69 Å². The zero-order valence-electron chi connectivity index (χ0n) is 12.2. The molecule has 4 nitrogen and oxygen atoms in total. The Labute approximate surface area is 132 Å². The summed E-state index contributed by atoms with van der Waals surface area (Å²) in [4.78, 5) is 11.4. The van der Waals surface area contributed by atoms with Crippen molar-refractivity contribution in [3.63, 3.8) is 0 Å². The van der Waals surface area contributed by atoms with Crippen molar-refractivity contribution in [2.24, 2.45) is 0 Å². The maximum Gasteiger partial charge on any atom is 0.435 e. The van der Waals surface area contributed by atoms with Gasteiger partial charge in [-0.25, -0.2) is 0 Å². The molecule has 0 radical (unpaired) electrons. The van der Waals surface area contributed by atoms with Crippen molar-refractivity contribution in [1.82, 2.24) is 15.1 Å². The van der Waals surface area contributed by atoms with Gasteiger partial charge in [-0.3, -0.25) is 9.48 Å². The van der Waals surface area contributed by atoms with Crippen LogP contribution in [0.25, 0.3) is 11.3 Å². The van der Waals surface area contributed by atoms with Gasteiger partial charge < -0.3 is 5.32 Å². The summed E-state index contributed by atoms with van der Waals surface area (Å²) in [6.07, 6.45) is -9.60. The zero-order chi connectivity index (χ0) is 18.1. The summed E-state index contributed by atoms with van der Waals surface area (Å²) in [6, 6.07) is 5.66. The van der Waals surface area contributed by atoms with Gasteiger partial charge in [0.1, 0.15) is 6.54 Å². The van der Waals surface area contributed by atoms with Crippen LogP contribution in [0.5, 0.6) is 0 Å². The molecule has 0 fully saturated rings. The topological polar surface area (TPSA) is 46.9 Å².